The number of rotatable bonds is 19. The molecule has 60 heavy (non-hydrogen) atoms. The maximum absolute atomic E-state index is 13.9. The van der Waals surface area contributed by atoms with Crippen molar-refractivity contribution in [2.75, 3.05) is 34.5 Å². The fraction of sp³-hybridized carbons (Fsp3) is 0.500. The molecule has 0 fully saturated rings. The highest BCUT2D eigenvalue weighted by Crippen LogP contribution is 2.33. The lowest BCUT2D eigenvalue weighted by atomic mass is 10.00. The van der Waals surface area contributed by atoms with Crippen LogP contribution in [0, 0.1) is 11.8 Å². The number of carbonyl (C=O) groups excluding carboxylic acids is 4. The molecule has 6 atom stereocenters. The number of alkyl carbamates (subject to hydrolysis) is 2. The average molecular weight is 849 g/mol. The number of aromatic amines is 2. The van der Waals surface area contributed by atoms with Crippen LogP contribution in [0.15, 0.2) is 54.7 Å². The van der Waals surface area contributed by atoms with Crippen LogP contribution in [0.4, 0.5) is 9.59 Å². The Morgan fingerprint density at radius 3 is 1.83 bits per heavy atom. The second-order valence-corrected chi connectivity index (χ2v) is 15.9. The summed E-state index contributed by atoms with van der Waals surface area (Å²) in [4.78, 5) is 71.4. The minimum atomic E-state index is -0.786. The smallest absolute Gasteiger partial charge is 0.407 e. The van der Waals surface area contributed by atoms with E-state index in [9.17, 15) is 19.2 Å². The van der Waals surface area contributed by atoms with Crippen molar-refractivity contribution >= 4 is 35.6 Å². The molecule has 2 aromatic heterocycles. The lowest BCUT2D eigenvalue weighted by Gasteiger charge is -2.37. The van der Waals surface area contributed by atoms with Crippen LogP contribution < -0.4 is 10.6 Å². The van der Waals surface area contributed by atoms with Crippen molar-refractivity contribution in [2.45, 2.75) is 98.4 Å². The molecule has 16 heteroatoms. The zero-order chi connectivity index (χ0) is 44.3. The number of amides is 4. The van der Waals surface area contributed by atoms with Gasteiger partial charge in [-0.05, 0) is 62.1 Å². The van der Waals surface area contributed by atoms with Crippen LogP contribution in [0.5, 0.6) is 0 Å². The fourth-order valence-electron chi connectivity index (χ4n) is 7.09. The van der Waals surface area contributed by atoms with Gasteiger partial charge in [-0.3, -0.25) is 9.59 Å². The van der Waals surface area contributed by atoms with Crippen LogP contribution in [0.3, 0.4) is 0 Å². The number of imidazole rings is 2. The largest absolute Gasteiger partial charge is 0.453 e. The van der Waals surface area contributed by atoms with E-state index in [2.05, 4.69) is 25.6 Å². The molecule has 0 aliphatic rings. The highest BCUT2D eigenvalue weighted by Gasteiger charge is 2.36. The Balaban J connectivity index is 1.52. The van der Waals surface area contributed by atoms with E-state index in [4.69, 9.17) is 30.8 Å². The number of methoxy groups -OCH3 is 3. The van der Waals surface area contributed by atoms with Gasteiger partial charge in [-0.1, -0.05) is 94.8 Å². The molecular formula is C44H61ClN8O7. The number of benzene rings is 2. The summed E-state index contributed by atoms with van der Waals surface area (Å²) in [5, 5.41) is 5.69. The van der Waals surface area contributed by atoms with Gasteiger partial charge in [0, 0.05) is 25.3 Å². The normalized spacial score (nSPS) is 14.3. The molecule has 0 bridgehead atoms. The van der Waals surface area contributed by atoms with E-state index in [0.29, 0.717) is 42.1 Å². The van der Waals surface area contributed by atoms with E-state index in [1.54, 1.807) is 23.1 Å². The molecule has 4 rings (SSSR count). The Labute approximate surface area is 358 Å². The molecule has 326 valence electrons. The van der Waals surface area contributed by atoms with Crippen molar-refractivity contribution in [1.29, 1.82) is 0 Å². The summed E-state index contributed by atoms with van der Waals surface area (Å²) in [6.07, 6.45) is 1.53. The van der Waals surface area contributed by atoms with Gasteiger partial charge in [-0.15, -0.1) is 0 Å². The Kier molecular flexibility index (Phi) is 17.1. The minimum Gasteiger partial charge on any atom is -0.453 e. The van der Waals surface area contributed by atoms with E-state index in [0.717, 1.165) is 34.4 Å². The summed E-state index contributed by atoms with van der Waals surface area (Å²) in [5.41, 5.74) is 5.06. The number of ether oxygens (including phenoxy) is 3. The van der Waals surface area contributed by atoms with Crippen molar-refractivity contribution in [3.63, 3.8) is 0 Å². The molecule has 0 saturated carbocycles. The van der Waals surface area contributed by atoms with Gasteiger partial charge in [0.1, 0.15) is 34.6 Å². The molecule has 0 spiro atoms. The first-order valence-electron chi connectivity index (χ1n) is 20.4. The Bertz CT molecular complexity index is 2030. The lowest BCUT2D eigenvalue weighted by Crippen LogP contribution is -2.54. The number of carbonyl (C=O) groups is 4. The van der Waals surface area contributed by atoms with Crippen LogP contribution in [0.2, 0.25) is 5.15 Å². The Morgan fingerprint density at radius 2 is 1.30 bits per heavy atom. The number of aromatic nitrogens is 4. The van der Waals surface area contributed by atoms with Crippen LogP contribution >= 0.6 is 11.6 Å². The average Bonchev–Trinajstić information content (AvgIpc) is 3.90. The number of nitrogens with one attached hydrogen (secondary N) is 4. The van der Waals surface area contributed by atoms with Gasteiger partial charge in [0.2, 0.25) is 11.8 Å². The second kappa shape index (κ2) is 21.7. The molecule has 0 saturated heterocycles. The fourth-order valence-corrected chi connectivity index (χ4v) is 7.34. The molecule has 4 amide bonds. The van der Waals surface area contributed by atoms with Crippen molar-refractivity contribution < 1.29 is 33.4 Å². The van der Waals surface area contributed by atoms with Crippen molar-refractivity contribution in [2.24, 2.45) is 11.8 Å². The summed E-state index contributed by atoms with van der Waals surface area (Å²) in [6.45, 7) is 16.2. The molecule has 6 unspecified atom stereocenters. The van der Waals surface area contributed by atoms with E-state index in [1.807, 2.05) is 104 Å². The summed E-state index contributed by atoms with van der Waals surface area (Å²) < 4.78 is 14.9. The zero-order valence-electron chi connectivity index (χ0n) is 36.6. The first-order chi connectivity index (χ1) is 28.6. The number of hydrogen-bond donors (Lipinski definition) is 4. The Morgan fingerprint density at radius 1 is 0.733 bits per heavy atom. The molecule has 4 aromatic rings. The zero-order valence-corrected chi connectivity index (χ0v) is 37.3. The van der Waals surface area contributed by atoms with Crippen molar-refractivity contribution in [3.8, 4) is 33.6 Å². The SMILES string of the molecule is CCC(NC(=O)OC)C(=O)N(CC(C)COC)C(C)c1nc(-c2ccc(-c3ccc(-c4cnc(C(C)N(C(=O)C(NC(=O)OC)C(C)C)C(C)CC)[nH]4)cc3)cc2)c(Cl)[nH]1. The topological polar surface area (TPSA) is 184 Å². The van der Waals surface area contributed by atoms with Gasteiger partial charge in [0.05, 0.1) is 44.8 Å². The van der Waals surface area contributed by atoms with E-state index >= 15 is 0 Å². The first-order valence-corrected chi connectivity index (χ1v) is 20.8. The predicted molar refractivity (Wildman–Crippen MR) is 232 cm³/mol. The second-order valence-electron chi connectivity index (χ2n) is 15.5. The molecule has 2 heterocycles. The van der Waals surface area contributed by atoms with Crippen LogP contribution in [-0.4, -0.2) is 106 Å². The van der Waals surface area contributed by atoms with E-state index < -0.39 is 36.4 Å². The van der Waals surface area contributed by atoms with Crippen LogP contribution in [0.25, 0.3) is 33.6 Å². The number of H-pyrrole nitrogens is 2. The van der Waals surface area contributed by atoms with Gasteiger partial charge in [-0.2, -0.15) is 0 Å². The van der Waals surface area contributed by atoms with Gasteiger partial charge in [-0.25, -0.2) is 19.6 Å². The van der Waals surface area contributed by atoms with E-state index in [1.165, 1.54) is 14.2 Å². The van der Waals surface area contributed by atoms with Gasteiger partial charge < -0.3 is 44.6 Å². The quantitative estimate of drug-likeness (QED) is 0.0723. The maximum Gasteiger partial charge on any atom is 0.407 e. The van der Waals surface area contributed by atoms with Crippen molar-refractivity contribution in [3.05, 3.63) is 71.5 Å². The first kappa shape index (κ1) is 47.3. The summed E-state index contributed by atoms with van der Waals surface area (Å²) in [7, 11) is 4.15. The molecule has 0 aliphatic carbocycles. The Hall–Kier alpha value is -5.41. The predicted octanol–water partition coefficient (Wildman–Crippen LogP) is 8.16. The molecule has 0 radical (unpaired) electrons. The van der Waals surface area contributed by atoms with Crippen LogP contribution in [-0.2, 0) is 23.8 Å². The highest BCUT2D eigenvalue weighted by molar-refractivity contribution is 6.31. The third kappa shape index (κ3) is 11.4. The molecule has 2 aromatic carbocycles. The number of hydrogen-bond acceptors (Lipinski definition) is 9. The lowest BCUT2D eigenvalue weighted by molar-refractivity contribution is -0.139. The maximum atomic E-state index is 13.9. The molecule has 15 nitrogen and oxygen atoms in total. The van der Waals surface area contributed by atoms with Crippen LogP contribution in [0.1, 0.15) is 92.0 Å². The van der Waals surface area contributed by atoms with Gasteiger partial charge in [0.15, 0.2) is 0 Å². The third-order valence-corrected chi connectivity index (χ3v) is 11.0. The third-order valence-electron chi connectivity index (χ3n) is 10.8. The van der Waals surface area contributed by atoms with Crippen molar-refractivity contribution in [1.82, 2.24) is 40.4 Å². The molecule has 4 N–H and O–H groups in total. The summed E-state index contributed by atoms with van der Waals surface area (Å²) >= 11 is 6.74. The standard InChI is InChI=1S/C44H61ClN8O7/c1-12-27(6)53(42(55)36(25(3)4)50-44(57)60-11)29(8)39-46-22-35(47-39)32-18-14-30(15-19-32)31-16-20-33(21-17-31)37-38(45)51-40(49-37)28(7)52(23-26(5)24-58-9)41(54)34(13-2)48-43(56)59-10/h14-22,25-29,34,36H,12-13,23-24H2,1-11H3,(H,46,47)(H,48,56)(H,49,51)(H,50,57). The van der Waals surface area contributed by atoms with Gasteiger partial charge in [0.25, 0.3) is 0 Å². The van der Waals surface area contributed by atoms with E-state index in [-0.39, 0.29) is 29.7 Å². The monoisotopic (exact) mass is 848 g/mol. The summed E-state index contributed by atoms with van der Waals surface area (Å²) in [5.74, 6) is 0.524. The van der Waals surface area contributed by atoms with Gasteiger partial charge >= 0.3 is 12.2 Å². The highest BCUT2D eigenvalue weighted by atomic mass is 35.5. The molecule has 0 aliphatic heterocycles. The molecular weight excluding hydrogens is 788 g/mol. The minimum absolute atomic E-state index is 0.00811. The summed E-state index contributed by atoms with van der Waals surface area (Å²) in [6, 6.07) is 13.5. The number of halogens is 1. The number of nitrogens with zero attached hydrogens (tertiary/aromatic N) is 4.